The lowest BCUT2D eigenvalue weighted by Crippen LogP contribution is -2.13. The first-order valence-electron chi connectivity index (χ1n) is 7.68. The molecule has 1 aromatic heterocycles. The van der Waals surface area contributed by atoms with Gasteiger partial charge in [0.1, 0.15) is 5.82 Å². The van der Waals surface area contributed by atoms with Crippen LogP contribution in [-0.4, -0.2) is 15.0 Å². The highest BCUT2D eigenvalue weighted by Gasteiger charge is 2.19. The molecule has 0 aliphatic rings. The van der Waals surface area contributed by atoms with Gasteiger partial charge in [-0.15, -0.1) is 5.10 Å². The Balaban J connectivity index is 1.95. The normalized spacial score (nSPS) is 11.7. The number of hydrogen-bond donors (Lipinski definition) is 0. The van der Waals surface area contributed by atoms with E-state index in [1.807, 2.05) is 63.2 Å². The Bertz CT molecular complexity index is 801. The third-order valence-corrected chi connectivity index (χ3v) is 3.87. The Kier molecular flexibility index (Phi) is 3.99. The number of benzene rings is 2. The van der Waals surface area contributed by atoms with Crippen LogP contribution >= 0.6 is 0 Å². The number of nitrogens with zero attached hydrogens (tertiary/aromatic N) is 3. The van der Waals surface area contributed by atoms with Crippen LogP contribution in [0.15, 0.2) is 54.7 Å². The van der Waals surface area contributed by atoms with Gasteiger partial charge < -0.3 is 0 Å². The van der Waals surface area contributed by atoms with E-state index in [1.165, 1.54) is 0 Å². The molecule has 3 aromatic rings. The molecule has 2 aromatic carbocycles. The number of aromatic nitrogens is 3. The molecular formula is C19H20FN3. The monoisotopic (exact) mass is 309 g/mol. The summed E-state index contributed by atoms with van der Waals surface area (Å²) in [5, 5.41) is 8.12. The first-order chi connectivity index (χ1) is 10.9. The number of halogens is 1. The van der Waals surface area contributed by atoms with Crippen molar-refractivity contribution in [2.45, 2.75) is 32.7 Å². The second-order valence-electron chi connectivity index (χ2n) is 6.71. The average molecular weight is 309 g/mol. The van der Waals surface area contributed by atoms with E-state index in [4.69, 9.17) is 0 Å². The first kappa shape index (κ1) is 15.4. The summed E-state index contributed by atoms with van der Waals surface area (Å²) in [4.78, 5) is 0. The fourth-order valence-electron chi connectivity index (χ4n) is 2.64. The SMILES string of the molecule is CC(C)(C)c1ccc(-c2cnnn2Cc2ccccc2)cc1F. The van der Waals surface area contributed by atoms with E-state index in [0.29, 0.717) is 12.1 Å². The summed E-state index contributed by atoms with van der Waals surface area (Å²) in [5.41, 5.74) is 3.23. The van der Waals surface area contributed by atoms with Crippen molar-refractivity contribution in [3.8, 4) is 11.3 Å². The van der Waals surface area contributed by atoms with Crippen molar-refractivity contribution in [1.82, 2.24) is 15.0 Å². The van der Waals surface area contributed by atoms with Gasteiger partial charge in [0.15, 0.2) is 0 Å². The smallest absolute Gasteiger partial charge is 0.127 e. The summed E-state index contributed by atoms with van der Waals surface area (Å²) in [5.74, 6) is -0.192. The van der Waals surface area contributed by atoms with E-state index in [2.05, 4.69) is 10.3 Å². The predicted octanol–water partition coefficient (Wildman–Crippen LogP) is 4.43. The minimum Gasteiger partial charge on any atom is -0.240 e. The Morgan fingerprint density at radius 3 is 2.43 bits per heavy atom. The van der Waals surface area contributed by atoms with E-state index in [0.717, 1.165) is 16.8 Å². The van der Waals surface area contributed by atoms with Gasteiger partial charge in [0.2, 0.25) is 0 Å². The molecule has 0 fully saturated rings. The molecule has 0 spiro atoms. The van der Waals surface area contributed by atoms with Gasteiger partial charge in [-0.1, -0.05) is 68.4 Å². The van der Waals surface area contributed by atoms with Crippen LogP contribution in [-0.2, 0) is 12.0 Å². The van der Waals surface area contributed by atoms with Crippen LogP contribution in [0.2, 0.25) is 0 Å². The van der Waals surface area contributed by atoms with Crippen molar-refractivity contribution in [3.05, 3.63) is 71.7 Å². The molecule has 0 N–H and O–H groups in total. The fraction of sp³-hybridized carbons (Fsp3) is 0.263. The highest BCUT2D eigenvalue weighted by molar-refractivity contribution is 5.59. The van der Waals surface area contributed by atoms with Crippen LogP contribution in [0.25, 0.3) is 11.3 Å². The predicted molar refractivity (Wildman–Crippen MR) is 89.7 cm³/mol. The maximum absolute atomic E-state index is 14.4. The fourth-order valence-corrected chi connectivity index (χ4v) is 2.64. The highest BCUT2D eigenvalue weighted by Crippen LogP contribution is 2.28. The van der Waals surface area contributed by atoms with Crippen molar-refractivity contribution in [3.63, 3.8) is 0 Å². The van der Waals surface area contributed by atoms with Gasteiger partial charge in [0.05, 0.1) is 18.4 Å². The van der Waals surface area contributed by atoms with Gasteiger partial charge in [0, 0.05) is 5.56 Å². The van der Waals surface area contributed by atoms with Crippen molar-refractivity contribution in [2.24, 2.45) is 0 Å². The van der Waals surface area contributed by atoms with E-state index >= 15 is 0 Å². The zero-order chi connectivity index (χ0) is 16.4. The summed E-state index contributed by atoms with van der Waals surface area (Å²) in [7, 11) is 0. The topological polar surface area (TPSA) is 30.7 Å². The molecule has 0 radical (unpaired) electrons. The van der Waals surface area contributed by atoms with Gasteiger partial charge in [-0.2, -0.15) is 0 Å². The van der Waals surface area contributed by atoms with Crippen LogP contribution in [0.3, 0.4) is 0 Å². The molecule has 3 nitrogen and oxygen atoms in total. The Hall–Kier alpha value is -2.49. The van der Waals surface area contributed by atoms with Gasteiger partial charge >= 0.3 is 0 Å². The molecule has 0 amide bonds. The van der Waals surface area contributed by atoms with Crippen LogP contribution < -0.4 is 0 Å². The lowest BCUT2D eigenvalue weighted by Gasteiger charge is -2.20. The van der Waals surface area contributed by atoms with Gasteiger partial charge in [-0.3, -0.25) is 0 Å². The zero-order valence-corrected chi connectivity index (χ0v) is 13.6. The molecule has 4 heteroatoms. The molecule has 0 saturated carbocycles. The van der Waals surface area contributed by atoms with E-state index in [1.54, 1.807) is 16.9 Å². The molecular weight excluding hydrogens is 289 g/mol. The third kappa shape index (κ3) is 3.31. The largest absolute Gasteiger partial charge is 0.240 e. The third-order valence-electron chi connectivity index (χ3n) is 3.87. The molecule has 23 heavy (non-hydrogen) atoms. The summed E-state index contributed by atoms with van der Waals surface area (Å²) < 4.78 is 16.2. The van der Waals surface area contributed by atoms with E-state index < -0.39 is 0 Å². The van der Waals surface area contributed by atoms with Crippen LogP contribution in [0.5, 0.6) is 0 Å². The van der Waals surface area contributed by atoms with Crippen molar-refractivity contribution in [2.75, 3.05) is 0 Å². The lowest BCUT2D eigenvalue weighted by atomic mass is 9.86. The molecule has 1 heterocycles. The van der Waals surface area contributed by atoms with Crippen LogP contribution in [0.4, 0.5) is 4.39 Å². The molecule has 0 aliphatic carbocycles. The van der Waals surface area contributed by atoms with Crippen molar-refractivity contribution in [1.29, 1.82) is 0 Å². The number of rotatable bonds is 3. The van der Waals surface area contributed by atoms with E-state index in [9.17, 15) is 4.39 Å². The van der Waals surface area contributed by atoms with Crippen LogP contribution in [0, 0.1) is 5.82 Å². The molecule has 0 saturated heterocycles. The Morgan fingerprint density at radius 1 is 1.04 bits per heavy atom. The maximum Gasteiger partial charge on any atom is 0.127 e. The van der Waals surface area contributed by atoms with Crippen molar-refractivity contribution >= 4 is 0 Å². The standard InChI is InChI=1S/C19H20FN3/c1-19(2,3)16-10-9-15(11-17(16)20)18-12-21-22-23(18)13-14-7-5-4-6-8-14/h4-12H,13H2,1-3H3. The lowest BCUT2D eigenvalue weighted by molar-refractivity contribution is 0.523. The summed E-state index contributed by atoms with van der Waals surface area (Å²) in [6.45, 7) is 6.63. The van der Waals surface area contributed by atoms with Crippen molar-refractivity contribution < 1.29 is 4.39 Å². The second-order valence-corrected chi connectivity index (χ2v) is 6.71. The zero-order valence-electron chi connectivity index (χ0n) is 13.6. The molecule has 0 unspecified atom stereocenters. The Morgan fingerprint density at radius 2 is 1.78 bits per heavy atom. The Labute approximate surface area is 135 Å². The summed E-state index contributed by atoms with van der Waals surface area (Å²) >= 11 is 0. The summed E-state index contributed by atoms with van der Waals surface area (Å²) in [6, 6.07) is 15.4. The second kappa shape index (κ2) is 5.95. The van der Waals surface area contributed by atoms with Gasteiger partial charge in [-0.25, -0.2) is 9.07 Å². The first-order valence-corrected chi connectivity index (χ1v) is 7.68. The number of hydrogen-bond acceptors (Lipinski definition) is 2. The quantitative estimate of drug-likeness (QED) is 0.716. The van der Waals surface area contributed by atoms with Gasteiger partial charge in [-0.05, 0) is 22.6 Å². The molecule has 0 aliphatic heterocycles. The van der Waals surface area contributed by atoms with Gasteiger partial charge in [0.25, 0.3) is 0 Å². The average Bonchev–Trinajstić information content (AvgIpc) is 2.95. The van der Waals surface area contributed by atoms with E-state index in [-0.39, 0.29) is 11.2 Å². The molecule has 0 bridgehead atoms. The molecule has 0 atom stereocenters. The minimum atomic E-state index is -0.217. The summed E-state index contributed by atoms with van der Waals surface area (Å²) in [6.07, 6.45) is 1.68. The minimum absolute atomic E-state index is 0.192. The van der Waals surface area contributed by atoms with Crippen LogP contribution in [0.1, 0.15) is 31.9 Å². The molecule has 3 rings (SSSR count). The maximum atomic E-state index is 14.4. The molecule has 118 valence electrons. The highest BCUT2D eigenvalue weighted by atomic mass is 19.1.